The number of aryl methyl sites for hydroxylation is 1. The predicted molar refractivity (Wildman–Crippen MR) is 104 cm³/mol. The molecule has 0 unspecified atom stereocenters. The van der Waals surface area contributed by atoms with Gasteiger partial charge in [-0.25, -0.2) is 8.42 Å². The number of aliphatic hydroxyl groups excluding tert-OH is 1. The fourth-order valence-corrected chi connectivity index (χ4v) is 5.63. The van der Waals surface area contributed by atoms with Crippen LogP contribution in [0, 0.1) is 19.8 Å². The number of hydrogen-bond acceptors (Lipinski definition) is 4. The van der Waals surface area contributed by atoms with E-state index in [1.54, 1.807) is 28.3 Å². The maximum absolute atomic E-state index is 13.2. The Labute approximate surface area is 162 Å². The zero-order valence-electron chi connectivity index (χ0n) is 16.4. The maximum atomic E-state index is 13.2. The third kappa shape index (κ3) is 4.20. The van der Waals surface area contributed by atoms with E-state index in [0.29, 0.717) is 56.1 Å². The first-order valence-corrected chi connectivity index (χ1v) is 11.2. The summed E-state index contributed by atoms with van der Waals surface area (Å²) < 4.78 is 28.0. The Bertz CT molecular complexity index is 806. The summed E-state index contributed by atoms with van der Waals surface area (Å²) in [6.45, 7) is 7.87. The van der Waals surface area contributed by atoms with Crippen LogP contribution in [0.15, 0.2) is 17.0 Å². The van der Waals surface area contributed by atoms with Crippen molar-refractivity contribution in [1.82, 2.24) is 9.21 Å². The molecular formula is C20H30N2O4S. The fourth-order valence-electron chi connectivity index (χ4n) is 3.83. The highest BCUT2D eigenvalue weighted by Crippen LogP contribution is 2.28. The van der Waals surface area contributed by atoms with E-state index in [9.17, 15) is 18.3 Å². The summed E-state index contributed by atoms with van der Waals surface area (Å²) in [6, 6.07) is 3.32. The monoisotopic (exact) mass is 394 g/mol. The lowest BCUT2D eigenvalue weighted by Gasteiger charge is -2.31. The predicted octanol–water partition coefficient (Wildman–Crippen LogP) is 2.32. The van der Waals surface area contributed by atoms with Gasteiger partial charge in [0.25, 0.3) is 5.91 Å². The lowest BCUT2D eigenvalue weighted by Crippen LogP contribution is -2.40. The molecule has 1 aromatic carbocycles. The first-order chi connectivity index (χ1) is 12.7. The molecule has 1 amide bonds. The van der Waals surface area contributed by atoms with Gasteiger partial charge in [-0.3, -0.25) is 4.79 Å². The van der Waals surface area contributed by atoms with Gasteiger partial charge in [0.2, 0.25) is 10.0 Å². The first-order valence-electron chi connectivity index (χ1n) is 9.79. The SMILES string of the molecule is Cc1cc(C(=O)N2CCC(O)CC2)cc(S(=O)(=O)N2CCC(C)CC2)c1C. The molecule has 7 heteroatoms. The number of amides is 1. The summed E-state index contributed by atoms with van der Waals surface area (Å²) in [5.74, 6) is 0.385. The van der Waals surface area contributed by atoms with Gasteiger partial charge in [-0.15, -0.1) is 0 Å². The highest BCUT2D eigenvalue weighted by Gasteiger charge is 2.31. The molecule has 0 aliphatic carbocycles. The second kappa shape index (κ2) is 7.89. The van der Waals surface area contributed by atoms with E-state index in [-0.39, 0.29) is 16.9 Å². The van der Waals surface area contributed by atoms with Crippen molar-refractivity contribution in [1.29, 1.82) is 0 Å². The lowest BCUT2D eigenvalue weighted by atomic mass is 10.0. The molecule has 0 saturated carbocycles. The Balaban J connectivity index is 1.91. The number of piperidine rings is 2. The Hall–Kier alpha value is -1.44. The van der Waals surface area contributed by atoms with Crippen LogP contribution in [0.1, 0.15) is 54.1 Å². The molecule has 2 aliphatic heterocycles. The fraction of sp³-hybridized carbons (Fsp3) is 0.650. The van der Waals surface area contributed by atoms with E-state index in [0.717, 1.165) is 18.4 Å². The van der Waals surface area contributed by atoms with E-state index < -0.39 is 10.0 Å². The number of carbonyl (C=O) groups is 1. The Morgan fingerprint density at radius 3 is 2.22 bits per heavy atom. The van der Waals surface area contributed by atoms with Gasteiger partial charge in [0.1, 0.15) is 0 Å². The second-order valence-electron chi connectivity index (χ2n) is 8.03. The molecule has 1 aromatic rings. The zero-order chi connectivity index (χ0) is 19.8. The minimum Gasteiger partial charge on any atom is -0.393 e. The molecule has 0 atom stereocenters. The first kappa shape index (κ1) is 20.3. The molecule has 0 radical (unpaired) electrons. The molecule has 2 fully saturated rings. The topological polar surface area (TPSA) is 77.9 Å². The summed E-state index contributed by atoms with van der Waals surface area (Å²) >= 11 is 0. The second-order valence-corrected chi connectivity index (χ2v) is 9.93. The summed E-state index contributed by atoms with van der Waals surface area (Å²) in [4.78, 5) is 14.9. The number of likely N-dealkylation sites (tertiary alicyclic amines) is 1. The van der Waals surface area contributed by atoms with E-state index >= 15 is 0 Å². The molecule has 27 heavy (non-hydrogen) atoms. The molecule has 3 rings (SSSR count). The van der Waals surface area contributed by atoms with Crippen LogP contribution in [0.2, 0.25) is 0 Å². The molecular weight excluding hydrogens is 364 g/mol. The van der Waals surface area contributed by atoms with E-state index in [1.807, 2.05) is 6.92 Å². The highest BCUT2D eigenvalue weighted by molar-refractivity contribution is 7.89. The van der Waals surface area contributed by atoms with Gasteiger partial charge in [-0.1, -0.05) is 6.92 Å². The number of aliphatic hydroxyl groups is 1. The van der Waals surface area contributed by atoms with E-state index in [2.05, 4.69) is 6.92 Å². The molecule has 6 nitrogen and oxygen atoms in total. The van der Waals surface area contributed by atoms with Gasteiger partial charge >= 0.3 is 0 Å². The number of nitrogens with zero attached hydrogens (tertiary/aromatic N) is 2. The van der Waals surface area contributed by atoms with Crippen LogP contribution < -0.4 is 0 Å². The van der Waals surface area contributed by atoms with Crippen molar-refractivity contribution in [3.8, 4) is 0 Å². The summed E-state index contributed by atoms with van der Waals surface area (Å²) in [6.07, 6.45) is 2.51. The molecule has 2 aliphatic rings. The van der Waals surface area contributed by atoms with E-state index in [1.165, 1.54) is 0 Å². The van der Waals surface area contributed by atoms with Crippen LogP contribution in [-0.2, 0) is 10.0 Å². The smallest absolute Gasteiger partial charge is 0.253 e. The Morgan fingerprint density at radius 2 is 1.63 bits per heavy atom. The van der Waals surface area contributed by atoms with Crippen LogP contribution in [-0.4, -0.2) is 60.9 Å². The van der Waals surface area contributed by atoms with Crippen LogP contribution >= 0.6 is 0 Å². The minimum absolute atomic E-state index is 0.159. The lowest BCUT2D eigenvalue weighted by molar-refractivity contribution is 0.0546. The quantitative estimate of drug-likeness (QED) is 0.853. The van der Waals surface area contributed by atoms with Crippen molar-refractivity contribution in [2.75, 3.05) is 26.2 Å². The van der Waals surface area contributed by atoms with Crippen molar-refractivity contribution >= 4 is 15.9 Å². The van der Waals surface area contributed by atoms with Gasteiger partial charge < -0.3 is 10.0 Å². The highest BCUT2D eigenvalue weighted by atomic mass is 32.2. The number of hydrogen-bond donors (Lipinski definition) is 1. The Morgan fingerprint density at radius 1 is 1.04 bits per heavy atom. The summed E-state index contributed by atoms with van der Waals surface area (Å²) in [7, 11) is -3.61. The standard InChI is InChI=1S/C20H30N2O4S/c1-14-4-10-22(11-5-14)27(25,26)19-13-17(12-15(2)16(19)3)20(24)21-8-6-18(23)7-9-21/h12-14,18,23H,4-11H2,1-3H3. The van der Waals surface area contributed by atoms with Gasteiger partial charge in [0.15, 0.2) is 0 Å². The third-order valence-electron chi connectivity index (χ3n) is 5.98. The van der Waals surface area contributed by atoms with Crippen LogP contribution in [0.3, 0.4) is 0 Å². The molecule has 0 spiro atoms. The van der Waals surface area contributed by atoms with Gasteiger partial charge in [-0.2, -0.15) is 4.31 Å². The number of sulfonamides is 1. The molecule has 150 valence electrons. The average Bonchev–Trinajstić information content (AvgIpc) is 2.64. The number of rotatable bonds is 3. The normalized spacial score (nSPS) is 20.8. The summed E-state index contributed by atoms with van der Waals surface area (Å²) in [5, 5.41) is 9.65. The van der Waals surface area contributed by atoms with Crippen molar-refractivity contribution in [2.24, 2.45) is 5.92 Å². The molecule has 0 aromatic heterocycles. The van der Waals surface area contributed by atoms with Gasteiger partial charge in [0, 0.05) is 31.7 Å². The molecule has 2 saturated heterocycles. The van der Waals surface area contributed by atoms with E-state index in [4.69, 9.17) is 0 Å². The third-order valence-corrected chi connectivity index (χ3v) is 8.00. The average molecular weight is 395 g/mol. The number of carbonyl (C=O) groups excluding carboxylic acids is 1. The van der Waals surface area contributed by atoms with Gasteiger partial charge in [-0.05, 0) is 68.7 Å². The molecule has 2 heterocycles. The zero-order valence-corrected chi connectivity index (χ0v) is 17.3. The van der Waals surface area contributed by atoms with Crippen LogP contribution in [0.25, 0.3) is 0 Å². The van der Waals surface area contributed by atoms with Gasteiger partial charge in [0.05, 0.1) is 11.0 Å². The van der Waals surface area contributed by atoms with Crippen molar-refractivity contribution in [2.45, 2.75) is 57.5 Å². The number of benzene rings is 1. The largest absolute Gasteiger partial charge is 0.393 e. The maximum Gasteiger partial charge on any atom is 0.253 e. The summed E-state index contributed by atoms with van der Waals surface area (Å²) in [5.41, 5.74) is 1.93. The van der Waals surface area contributed by atoms with Crippen molar-refractivity contribution in [3.63, 3.8) is 0 Å². The van der Waals surface area contributed by atoms with Crippen LogP contribution in [0.4, 0.5) is 0 Å². The van der Waals surface area contributed by atoms with Crippen molar-refractivity contribution in [3.05, 3.63) is 28.8 Å². The minimum atomic E-state index is -3.61. The van der Waals surface area contributed by atoms with Crippen LogP contribution in [0.5, 0.6) is 0 Å². The molecule has 1 N–H and O–H groups in total. The molecule has 0 bridgehead atoms. The Kier molecular flexibility index (Phi) is 5.93. The van der Waals surface area contributed by atoms with Crippen molar-refractivity contribution < 1.29 is 18.3 Å².